The number of aromatic nitrogens is 4. The van der Waals surface area contributed by atoms with Crippen LogP contribution in [0.15, 0.2) is 52.2 Å². The van der Waals surface area contributed by atoms with E-state index < -0.39 is 28.9 Å². The molecule has 0 bridgehead atoms. The first kappa shape index (κ1) is 29.0. The SMILES string of the molecule is CNc1ncc2c(=O)n(-c3cc(NC(=O)c4ccc(CN5CCCCC5)c(C(F)(F)F)c4)ccc3C)c(=O)n(C)c2n1. The number of piperidine rings is 1. The second-order valence-corrected chi connectivity index (χ2v) is 10.3. The van der Waals surface area contributed by atoms with Crippen LogP contribution >= 0.6 is 0 Å². The average Bonchev–Trinajstić information content (AvgIpc) is 2.97. The van der Waals surface area contributed by atoms with Crippen LogP contribution in [0.5, 0.6) is 0 Å². The van der Waals surface area contributed by atoms with Crippen LogP contribution in [-0.4, -0.2) is 50.0 Å². The fourth-order valence-electron chi connectivity index (χ4n) is 5.17. The summed E-state index contributed by atoms with van der Waals surface area (Å²) in [5, 5.41) is 5.47. The number of nitrogens with one attached hydrogen (secondary N) is 2. The van der Waals surface area contributed by atoms with Crippen molar-refractivity contribution >= 4 is 28.6 Å². The molecule has 0 radical (unpaired) electrons. The Morgan fingerprint density at radius 1 is 1.05 bits per heavy atom. The Balaban J connectivity index is 1.48. The highest BCUT2D eigenvalue weighted by atomic mass is 19.4. The number of nitrogens with zero attached hydrogens (tertiary/aromatic N) is 5. The molecule has 0 unspecified atom stereocenters. The summed E-state index contributed by atoms with van der Waals surface area (Å²) in [7, 11) is 3.08. The summed E-state index contributed by atoms with van der Waals surface area (Å²) in [4.78, 5) is 50.0. The third kappa shape index (κ3) is 5.64. The van der Waals surface area contributed by atoms with E-state index in [2.05, 4.69) is 20.6 Å². The van der Waals surface area contributed by atoms with Gasteiger partial charge in [0.15, 0.2) is 5.65 Å². The van der Waals surface area contributed by atoms with E-state index in [0.717, 1.165) is 43.0 Å². The molecule has 10 nitrogen and oxygen atoms in total. The standard InChI is InChI=1S/C29H30F3N7O3/c1-17-7-10-20(14-23(17)39-26(41)21-15-34-27(33-2)36-24(21)37(3)28(39)42)35-25(40)18-8-9-19(22(13-18)29(30,31)32)16-38-11-5-4-6-12-38/h7-10,13-15H,4-6,11-12,16H2,1-3H3,(H,35,40)(H,33,34,36). The van der Waals surface area contributed by atoms with Crippen LogP contribution in [0.3, 0.4) is 0 Å². The fourth-order valence-corrected chi connectivity index (χ4v) is 5.17. The molecule has 1 saturated heterocycles. The first-order valence-electron chi connectivity index (χ1n) is 13.5. The Morgan fingerprint density at radius 2 is 1.79 bits per heavy atom. The third-order valence-corrected chi connectivity index (χ3v) is 7.45. The number of benzene rings is 2. The molecule has 13 heteroatoms. The number of rotatable bonds is 6. The monoisotopic (exact) mass is 581 g/mol. The molecule has 1 aliphatic rings. The number of alkyl halides is 3. The molecule has 4 aromatic rings. The van der Waals surface area contributed by atoms with Gasteiger partial charge in [0, 0.05) is 38.1 Å². The van der Waals surface area contributed by atoms with E-state index in [9.17, 15) is 27.6 Å². The van der Waals surface area contributed by atoms with E-state index in [0.29, 0.717) is 5.56 Å². The molecule has 2 aromatic heterocycles. The van der Waals surface area contributed by atoms with E-state index in [-0.39, 0.29) is 46.0 Å². The first-order valence-corrected chi connectivity index (χ1v) is 13.5. The molecule has 1 aliphatic heterocycles. The molecular formula is C29H30F3N7O3. The van der Waals surface area contributed by atoms with Crippen molar-refractivity contribution in [3.05, 3.63) is 85.7 Å². The molecule has 0 saturated carbocycles. The molecule has 5 rings (SSSR count). The van der Waals surface area contributed by atoms with Crippen molar-refractivity contribution in [1.29, 1.82) is 0 Å². The van der Waals surface area contributed by atoms with Gasteiger partial charge in [0.1, 0.15) is 5.39 Å². The smallest absolute Gasteiger partial charge is 0.357 e. The number of likely N-dealkylation sites (tertiary alicyclic amines) is 1. The Morgan fingerprint density at radius 3 is 2.48 bits per heavy atom. The van der Waals surface area contributed by atoms with Crippen LogP contribution < -0.4 is 21.9 Å². The van der Waals surface area contributed by atoms with Crippen LogP contribution in [-0.2, 0) is 19.8 Å². The Labute approximate surface area is 238 Å². The van der Waals surface area contributed by atoms with Gasteiger partial charge < -0.3 is 10.6 Å². The summed E-state index contributed by atoms with van der Waals surface area (Å²) in [6.07, 6.45) is -0.349. The van der Waals surface area contributed by atoms with Gasteiger partial charge in [0.2, 0.25) is 5.95 Å². The highest BCUT2D eigenvalue weighted by molar-refractivity contribution is 6.04. The average molecular weight is 582 g/mol. The van der Waals surface area contributed by atoms with Crippen molar-refractivity contribution in [3.8, 4) is 5.69 Å². The van der Waals surface area contributed by atoms with Crippen molar-refractivity contribution in [2.45, 2.75) is 38.9 Å². The van der Waals surface area contributed by atoms with E-state index in [1.54, 1.807) is 26.1 Å². The van der Waals surface area contributed by atoms with Gasteiger partial charge in [-0.1, -0.05) is 18.6 Å². The molecular weight excluding hydrogens is 551 g/mol. The van der Waals surface area contributed by atoms with Gasteiger partial charge >= 0.3 is 11.9 Å². The molecule has 1 amide bonds. The normalized spacial score (nSPS) is 14.2. The molecule has 220 valence electrons. The predicted molar refractivity (Wildman–Crippen MR) is 153 cm³/mol. The maximum atomic E-state index is 14.0. The highest BCUT2D eigenvalue weighted by Crippen LogP contribution is 2.34. The number of halogens is 3. The number of hydrogen-bond donors (Lipinski definition) is 2. The Hall–Kier alpha value is -4.52. The number of aryl methyl sites for hydroxylation is 2. The van der Waals surface area contributed by atoms with Crippen LogP contribution in [0.25, 0.3) is 16.7 Å². The molecule has 1 fully saturated rings. The summed E-state index contributed by atoms with van der Waals surface area (Å²) >= 11 is 0. The molecule has 2 N–H and O–H groups in total. The molecule has 2 aromatic carbocycles. The minimum Gasteiger partial charge on any atom is -0.357 e. The van der Waals surface area contributed by atoms with Crippen molar-refractivity contribution in [3.63, 3.8) is 0 Å². The van der Waals surface area contributed by atoms with E-state index in [1.165, 1.54) is 36.0 Å². The van der Waals surface area contributed by atoms with Gasteiger partial charge in [0.25, 0.3) is 11.5 Å². The van der Waals surface area contributed by atoms with Crippen LogP contribution in [0.1, 0.15) is 46.3 Å². The minimum atomic E-state index is -4.63. The first-order chi connectivity index (χ1) is 20.0. The van der Waals surface area contributed by atoms with E-state index >= 15 is 0 Å². The number of hydrogen-bond acceptors (Lipinski definition) is 7. The van der Waals surface area contributed by atoms with Gasteiger partial charge in [0.05, 0.1) is 11.3 Å². The summed E-state index contributed by atoms with van der Waals surface area (Å²) < 4.78 is 44.1. The molecule has 0 aliphatic carbocycles. The Bertz CT molecular complexity index is 1790. The number of amides is 1. The number of carbonyl (C=O) groups is 1. The van der Waals surface area contributed by atoms with Gasteiger partial charge in [-0.05, 0) is 68.2 Å². The van der Waals surface area contributed by atoms with Crippen molar-refractivity contribution in [1.82, 2.24) is 24.0 Å². The summed E-state index contributed by atoms with van der Waals surface area (Å²) in [6, 6.07) is 8.18. The van der Waals surface area contributed by atoms with E-state index in [4.69, 9.17) is 0 Å². The molecule has 42 heavy (non-hydrogen) atoms. The molecule has 0 spiro atoms. The third-order valence-electron chi connectivity index (χ3n) is 7.45. The zero-order valence-corrected chi connectivity index (χ0v) is 23.4. The van der Waals surface area contributed by atoms with Gasteiger partial charge in [-0.2, -0.15) is 18.2 Å². The number of fused-ring (bicyclic) bond motifs is 1. The molecule has 3 heterocycles. The Kier molecular flexibility index (Phi) is 7.87. The summed E-state index contributed by atoms with van der Waals surface area (Å²) in [5.74, 6) is -0.518. The quantitative estimate of drug-likeness (QED) is 0.353. The number of anilines is 2. The summed E-state index contributed by atoms with van der Waals surface area (Å²) in [5.41, 5.74) is -1.11. The number of carbonyl (C=O) groups excluding carboxylic acids is 1. The van der Waals surface area contributed by atoms with E-state index in [1.807, 2.05) is 4.90 Å². The van der Waals surface area contributed by atoms with Crippen molar-refractivity contribution < 1.29 is 18.0 Å². The fraction of sp³-hybridized carbons (Fsp3) is 0.345. The van der Waals surface area contributed by atoms with Crippen molar-refractivity contribution in [2.24, 2.45) is 7.05 Å². The zero-order chi connectivity index (χ0) is 30.2. The second kappa shape index (κ2) is 11.4. The summed E-state index contributed by atoms with van der Waals surface area (Å²) in [6.45, 7) is 3.33. The second-order valence-electron chi connectivity index (χ2n) is 10.3. The largest absolute Gasteiger partial charge is 0.416 e. The van der Waals surface area contributed by atoms with Gasteiger partial charge in [-0.25, -0.2) is 14.3 Å². The molecule has 0 atom stereocenters. The maximum absolute atomic E-state index is 14.0. The van der Waals surface area contributed by atoms with Gasteiger partial charge in [-0.3, -0.25) is 19.1 Å². The van der Waals surface area contributed by atoms with Crippen LogP contribution in [0.2, 0.25) is 0 Å². The lowest BCUT2D eigenvalue weighted by molar-refractivity contribution is -0.138. The van der Waals surface area contributed by atoms with Gasteiger partial charge in [-0.15, -0.1) is 0 Å². The van der Waals surface area contributed by atoms with Crippen LogP contribution in [0, 0.1) is 6.92 Å². The maximum Gasteiger partial charge on any atom is 0.416 e. The minimum absolute atomic E-state index is 0.106. The lowest BCUT2D eigenvalue weighted by Crippen LogP contribution is -2.38. The van der Waals surface area contributed by atoms with Crippen LogP contribution in [0.4, 0.5) is 24.8 Å². The lowest BCUT2D eigenvalue weighted by atomic mass is 10.0. The zero-order valence-electron chi connectivity index (χ0n) is 23.4. The highest BCUT2D eigenvalue weighted by Gasteiger charge is 2.34. The topological polar surface area (TPSA) is 114 Å². The lowest BCUT2D eigenvalue weighted by Gasteiger charge is -2.27. The van der Waals surface area contributed by atoms with Crippen molar-refractivity contribution in [2.75, 3.05) is 30.8 Å². The predicted octanol–water partition coefficient (Wildman–Crippen LogP) is 4.09.